The lowest BCUT2D eigenvalue weighted by Gasteiger charge is -2.06. The molecule has 0 atom stereocenters. The Bertz CT molecular complexity index is 755. The van der Waals surface area contributed by atoms with Gasteiger partial charge in [0.05, 0.1) is 18.5 Å². The Morgan fingerprint density at radius 2 is 2.30 bits per heavy atom. The fourth-order valence-electron chi connectivity index (χ4n) is 2.15. The van der Waals surface area contributed by atoms with E-state index in [-0.39, 0.29) is 5.56 Å². The third-order valence-corrected chi connectivity index (χ3v) is 3.13. The minimum absolute atomic E-state index is 0.0205. The van der Waals surface area contributed by atoms with Crippen molar-refractivity contribution in [3.63, 3.8) is 0 Å². The van der Waals surface area contributed by atoms with Crippen molar-refractivity contribution in [1.29, 1.82) is 0 Å². The van der Waals surface area contributed by atoms with Crippen LogP contribution >= 0.6 is 0 Å². The van der Waals surface area contributed by atoms with Gasteiger partial charge in [-0.15, -0.1) is 0 Å². The zero-order valence-corrected chi connectivity index (χ0v) is 11.2. The van der Waals surface area contributed by atoms with Crippen LogP contribution in [-0.2, 0) is 13.1 Å². The Morgan fingerprint density at radius 3 is 3.10 bits per heavy atom. The highest BCUT2D eigenvalue weighted by atomic mass is 16.3. The fraction of sp³-hybridized carbons (Fsp3) is 0.286. The van der Waals surface area contributed by atoms with Crippen LogP contribution in [0.5, 0.6) is 0 Å². The van der Waals surface area contributed by atoms with E-state index < -0.39 is 0 Å². The normalized spacial score (nSPS) is 11.2. The number of hydrogen-bond donors (Lipinski definition) is 1. The smallest absolute Gasteiger partial charge is 0.276 e. The van der Waals surface area contributed by atoms with Gasteiger partial charge in [-0.3, -0.25) is 4.79 Å². The maximum Gasteiger partial charge on any atom is 0.276 e. The number of aromatic nitrogens is 3. The summed E-state index contributed by atoms with van der Waals surface area (Å²) in [5.74, 6) is 0.888. The first kappa shape index (κ1) is 12.7. The number of aryl methyl sites for hydroxylation is 1. The Kier molecular flexibility index (Phi) is 3.39. The predicted molar refractivity (Wildman–Crippen MR) is 74.6 cm³/mol. The summed E-state index contributed by atoms with van der Waals surface area (Å²) in [6.45, 7) is 3.85. The van der Waals surface area contributed by atoms with Gasteiger partial charge < -0.3 is 14.3 Å². The molecule has 104 valence electrons. The van der Waals surface area contributed by atoms with Gasteiger partial charge in [0.1, 0.15) is 11.3 Å². The second-order valence-electron chi connectivity index (χ2n) is 4.67. The first-order valence-electron chi connectivity index (χ1n) is 6.52. The van der Waals surface area contributed by atoms with Crippen molar-refractivity contribution in [3.05, 3.63) is 58.7 Å². The van der Waals surface area contributed by atoms with Crippen molar-refractivity contribution in [2.45, 2.75) is 20.0 Å². The van der Waals surface area contributed by atoms with E-state index in [1.165, 1.54) is 0 Å². The molecule has 0 aromatic carbocycles. The molecule has 3 aromatic heterocycles. The van der Waals surface area contributed by atoms with Gasteiger partial charge in [-0.1, -0.05) is 0 Å². The number of furan rings is 1. The highest BCUT2D eigenvalue weighted by Gasteiger charge is 2.05. The summed E-state index contributed by atoms with van der Waals surface area (Å²) in [4.78, 5) is 12.2. The average Bonchev–Trinajstić information content (AvgIpc) is 3.06. The third kappa shape index (κ3) is 2.50. The van der Waals surface area contributed by atoms with Crippen molar-refractivity contribution in [2.75, 3.05) is 6.54 Å². The maximum absolute atomic E-state index is 12.2. The van der Waals surface area contributed by atoms with Crippen LogP contribution in [0.2, 0.25) is 0 Å². The molecule has 1 N–H and O–H groups in total. The first-order valence-corrected chi connectivity index (χ1v) is 6.52. The van der Waals surface area contributed by atoms with Crippen LogP contribution in [-0.4, -0.2) is 20.7 Å². The third-order valence-electron chi connectivity index (χ3n) is 3.13. The van der Waals surface area contributed by atoms with Crippen LogP contribution in [0.1, 0.15) is 11.5 Å². The summed E-state index contributed by atoms with van der Waals surface area (Å²) in [5.41, 5.74) is 1.43. The topological polar surface area (TPSA) is 64.5 Å². The number of fused-ring (bicyclic) bond motifs is 1. The molecular formula is C14H16N4O2. The highest BCUT2D eigenvalue weighted by Crippen LogP contribution is 2.00. The van der Waals surface area contributed by atoms with Gasteiger partial charge >= 0.3 is 0 Å². The Labute approximate surface area is 115 Å². The molecule has 0 amide bonds. The number of nitrogens with zero attached hydrogens (tertiary/aromatic N) is 3. The van der Waals surface area contributed by atoms with Crippen molar-refractivity contribution in [3.8, 4) is 0 Å². The lowest BCUT2D eigenvalue weighted by molar-refractivity contribution is 0.474. The Balaban J connectivity index is 1.65. The molecule has 0 aliphatic heterocycles. The van der Waals surface area contributed by atoms with Crippen LogP contribution in [0.15, 0.2) is 46.1 Å². The summed E-state index contributed by atoms with van der Waals surface area (Å²) >= 11 is 0. The highest BCUT2D eigenvalue weighted by molar-refractivity contribution is 5.44. The molecule has 3 heterocycles. The number of rotatable bonds is 5. The average molecular weight is 272 g/mol. The molecule has 0 spiro atoms. The molecule has 3 aromatic rings. The molecule has 20 heavy (non-hydrogen) atoms. The Morgan fingerprint density at radius 1 is 1.40 bits per heavy atom. The van der Waals surface area contributed by atoms with Crippen LogP contribution in [0.3, 0.4) is 0 Å². The van der Waals surface area contributed by atoms with Crippen molar-refractivity contribution < 1.29 is 4.42 Å². The summed E-state index contributed by atoms with van der Waals surface area (Å²) in [6, 6.07) is 5.58. The molecule has 3 rings (SSSR count). The van der Waals surface area contributed by atoms with E-state index in [9.17, 15) is 4.79 Å². The minimum atomic E-state index is -0.0205. The van der Waals surface area contributed by atoms with E-state index in [2.05, 4.69) is 10.4 Å². The summed E-state index contributed by atoms with van der Waals surface area (Å²) < 4.78 is 8.53. The molecule has 0 saturated heterocycles. The van der Waals surface area contributed by atoms with Gasteiger partial charge in [0.2, 0.25) is 0 Å². The molecule has 0 bridgehead atoms. The van der Waals surface area contributed by atoms with E-state index >= 15 is 0 Å². The van der Waals surface area contributed by atoms with E-state index in [0.29, 0.717) is 25.2 Å². The largest absolute Gasteiger partial charge is 0.468 e. The van der Waals surface area contributed by atoms with Gasteiger partial charge in [0.25, 0.3) is 5.56 Å². The molecule has 0 saturated carbocycles. The zero-order chi connectivity index (χ0) is 13.9. The van der Waals surface area contributed by atoms with Crippen LogP contribution in [0.4, 0.5) is 0 Å². The molecule has 0 radical (unpaired) electrons. The molecule has 0 unspecified atom stereocenters. The molecule has 0 aliphatic rings. The van der Waals surface area contributed by atoms with Gasteiger partial charge in [-0.25, -0.2) is 4.52 Å². The standard InChI is InChI=1S/C14H16N4O2/c1-11-9-13-14(19)17(6-7-18(13)16-11)5-4-15-10-12-3-2-8-20-12/h2-3,6-9,15H,4-5,10H2,1H3. The van der Waals surface area contributed by atoms with Crippen molar-refractivity contribution in [2.24, 2.45) is 0 Å². The van der Waals surface area contributed by atoms with Crippen LogP contribution < -0.4 is 10.9 Å². The number of nitrogens with one attached hydrogen (secondary N) is 1. The van der Waals surface area contributed by atoms with Crippen molar-refractivity contribution >= 4 is 5.52 Å². The van der Waals surface area contributed by atoms with Crippen molar-refractivity contribution in [1.82, 2.24) is 19.5 Å². The monoisotopic (exact) mass is 272 g/mol. The SMILES string of the molecule is Cc1cc2c(=O)n(CCNCc3ccco3)ccn2n1. The maximum atomic E-state index is 12.2. The first-order chi connectivity index (χ1) is 9.74. The van der Waals surface area contributed by atoms with Crippen LogP contribution in [0, 0.1) is 6.92 Å². The Hall–Kier alpha value is -2.34. The molecule has 0 fully saturated rings. The number of hydrogen-bond acceptors (Lipinski definition) is 4. The van der Waals surface area contributed by atoms with E-state index in [4.69, 9.17) is 4.42 Å². The van der Waals surface area contributed by atoms with Gasteiger partial charge in [-0.05, 0) is 25.1 Å². The summed E-state index contributed by atoms with van der Waals surface area (Å²) in [6.07, 6.45) is 5.21. The van der Waals surface area contributed by atoms with E-state index in [0.717, 1.165) is 11.5 Å². The summed E-state index contributed by atoms with van der Waals surface area (Å²) in [5, 5.41) is 7.46. The quantitative estimate of drug-likeness (QED) is 0.709. The van der Waals surface area contributed by atoms with E-state index in [1.807, 2.05) is 19.1 Å². The molecule has 6 nitrogen and oxygen atoms in total. The lowest BCUT2D eigenvalue weighted by Crippen LogP contribution is -2.27. The second kappa shape index (κ2) is 5.34. The molecule has 0 aliphatic carbocycles. The minimum Gasteiger partial charge on any atom is -0.468 e. The second-order valence-corrected chi connectivity index (χ2v) is 4.67. The zero-order valence-electron chi connectivity index (χ0n) is 11.2. The van der Waals surface area contributed by atoms with Gasteiger partial charge in [0, 0.05) is 25.5 Å². The molecule has 6 heteroatoms. The lowest BCUT2D eigenvalue weighted by atomic mass is 10.4. The van der Waals surface area contributed by atoms with Gasteiger partial charge in [0.15, 0.2) is 0 Å². The van der Waals surface area contributed by atoms with Crippen LogP contribution in [0.25, 0.3) is 5.52 Å². The van der Waals surface area contributed by atoms with E-state index in [1.54, 1.807) is 33.8 Å². The predicted octanol–water partition coefficient (Wildman–Crippen LogP) is 1.19. The summed E-state index contributed by atoms with van der Waals surface area (Å²) in [7, 11) is 0. The van der Waals surface area contributed by atoms with Gasteiger partial charge in [-0.2, -0.15) is 5.10 Å². The molecular weight excluding hydrogens is 256 g/mol. The fourth-order valence-corrected chi connectivity index (χ4v) is 2.15.